The van der Waals surface area contributed by atoms with E-state index in [0.717, 1.165) is 11.1 Å². The van der Waals surface area contributed by atoms with Gasteiger partial charge in [-0.2, -0.15) is 0 Å². The summed E-state index contributed by atoms with van der Waals surface area (Å²) in [5, 5.41) is 0.308. The highest BCUT2D eigenvalue weighted by molar-refractivity contribution is 7.84. The van der Waals surface area contributed by atoms with E-state index in [9.17, 15) is 4.21 Å². The molecule has 0 N–H and O–H groups in total. The van der Waals surface area contributed by atoms with Gasteiger partial charge >= 0.3 is 0 Å². The number of halogens is 1. The summed E-state index contributed by atoms with van der Waals surface area (Å²) in [6, 6.07) is 11.6. The summed E-state index contributed by atoms with van der Waals surface area (Å²) in [6.45, 7) is 0. The van der Waals surface area contributed by atoms with E-state index in [0.29, 0.717) is 10.0 Å². The van der Waals surface area contributed by atoms with E-state index < -0.39 is 10.8 Å². The van der Waals surface area contributed by atoms with Gasteiger partial charge in [-0.25, -0.2) is 4.98 Å². The molecule has 2 aromatic rings. The second-order valence-electron chi connectivity index (χ2n) is 3.30. The molecule has 0 aliphatic rings. The highest BCUT2D eigenvalue weighted by Crippen LogP contribution is 2.29. The van der Waals surface area contributed by atoms with Gasteiger partial charge < -0.3 is 0 Å². The van der Waals surface area contributed by atoms with Crippen LogP contribution in [0.1, 0.15) is 0 Å². The molecule has 0 bridgehead atoms. The van der Waals surface area contributed by atoms with Gasteiger partial charge in [0, 0.05) is 18.0 Å². The Hall–Kier alpha value is -1.19. The zero-order valence-corrected chi connectivity index (χ0v) is 10.3. The molecule has 2 rings (SSSR count). The van der Waals surface area contributed by atoms with Crippen molar-refractivity contribution in [2.75, 3.05) is 6.26 Å². The smallest absolute Gasteiger partial charge is 0.145 e. The fourth-order valence-electron chi connectivity index (χ4n) is 1.54. The Morgan fingerprint density at radius 3 is 2.50 bits per heavy atom. The Labute approximate surface area is 102 Å². The van der Waals surface area contributed by atoms with E-state index in [2.05, 4.69) is 4.98 Å². The molecule has 1 unspecified atom stereocenters. The monoisotopic (exact) mass is 251 g/mol. The third-order valence-corrected chi connectivity index (χ3v) is 3.62. The molecule has 0 radical (unpaired) electrons. The maximum atomic E-state index is 11.6. The number of nitrogens with zero attached hydrogens (tertiary/aromatic N) is 1. The van der Waals surface area contributed by atoms with Gasteiger partial charge in [-0.15, -0.1) is 0 Å². The van der Waals surface area contributed by atoms with Gasteiger partial charge in [0.1, 0.15) is 5.15 Å². The molecule has 0 saturated heterocycles. The second-order valence-corrected chi connectivity index (χ2v) is 4.97. The minimum atomic E-state index is -1.15. The Bertz CT molecular complexity index is 528. The predicted octanol–water partition coefficient (Wildman–Crippen LogP) is 3.14. The van der Waals surface area contributed by atoms with Gasteiger partial charge in [-0.05, 0) is 11.6 Å². The fourth-order valence-corrected chi connectivity index (χ4v) is 2.81. The highest BCUT2D eigenvalue weighted by Gasteiger charge is 2.12. The van der Waals surface area contributed by atoms with E-state index in [4.69, 9.17) is 11.6 Å². The van der Waals surface area contributed by atoms with Crippen molar-refractivity contribution in [1.82, 2.24) is 4.98 Å². The fraction of sp³-hybridized carbons (Fsp3) is 0.0833. The lowest BCUT2D eigenvalue weighted by molar-refractivity contribution is 0.686. The molecule has 82 valence electrons. The Morgan fingerprint density at radius 1 is 1.19 bits per heavy atom. The van der Waals surface area contributed by atoms with Gasteiger partial charge in [0.2, 0.25) is 0 Å². The van der Waals surface area contributed by atoms with Crippen molar-refractivity contribution < 1.29 is 4.21 Å². The van der Waals surface area contributed by atoms with Crippen molar-refractivity contribution in [3.63, 3.8) is 0 Å². The third kappa shape index (κ3) is 2.15. The standard InChI is InChI=1S/C12H10ClNOS/c1-16(15)11-10(7-8-14-12(11)13)9-5-3-2-4-6-9/h2-8H,1H3. The summed E-state index contributed by atoms with van der Waals surface area (Å²) in [5.74, 6) is 0. The van der Waals surface area contributed by atoms with Crippen LogP contribution < -0.4 is 0 Å². The van der Waals surface area contributed by atoms with Gasteiger partial charge in [-0.1, -0.05) is 41.9 Å². The topological polar surface area (TPSA) is 30.0 Å². The van der Waals surface area contributed by atoms with Gasteiger partial charge in [0.05, 0.1) is 15.7 Å². The maximum Gasteiger partial charge on any atom is 0.145 e. The number of benzene rings is 1. The molecule has 0 spiro atoms. The maximum absolute atomic E-state index is 11.6. The zero-order valence-electron chi connectivity index (χ0n) is 8.68. The van der Waals surface area contributed by atoms with Crippen LogP contribution >= 0.6 is 11.6 Å². The molecule has 0 fully saturated rings. The van der Waals surface area contributed by atoms with Crippen LogP contribution in [-0.2, 0) is 10.8 Å². The molecule has 1 aromatic heterocycles. The van der Waals surface area contributed by atoms with E-state index in [1.165, 1.54) is 0 Å². The van der Waals surface area contributed by atoms with Crippen LogP contribution in [0.25, 0.3) is 11.1 Å². The van der Waals surface area contributed by atoms with Gasteiger partial charge in [-0.3, -0.25) is 4.21 Å². The SMILES string of the molecule is CS(=O)c1c(-c2ccccc2)ccnc1Cl. The lowest BCUT2D eigenvalue weighted by Gasteiger charge is -2.08. The minimum absolute atomic E-state index is 0.308. The van der Waals surface area contributed by atoms with Crippen LogP contribution in [0.4, 0.5) is 0 Å². The van der Waals surface area contributed by atoms with E-state index in [-0.39, 0.29) is 0 Å². The summed E-state index contributed by atoms with van der Waals surface area (Å²) >= 11 is 5.97. The lowest BCUT2D eigenvalue weighted by atomic mass is 10.1. The summed E-state index contributed by atoms with van der Waals surface area (Å²) in [7, 11) is -1.15. The molecule has 1 aromatic carbocycles. The first-order valence-corrected chi connectivity index (χ1v) is 6.67. The molecule has 0 aliphatic heterocycles. The first kappa shape index (κ1) is 11.3. The van der Waals surface area contributed by atoms with Crippen molar-refractivity contribution in [1.29, 1.82) is 0 Å². The van der Waals surface area contributed by atoms with Crippen LogP contribution in [0.2, 0.25) is 5.15 Å². The molecular weight excluding hydrogens is 242 g/mol. The lowest BCUT2D eigenvalue weighted by Crippen LogP contribution is -1.95. The Morgan fingerprint density at radius 2 is 1.88 bits per heavy atom. The van der Waals surface area contributed by atoms with Crippen LogP contribution in [0, 0.1) is 0 Å². The normalized spacial score (nSPS) is 12.4. The number of pyridine rings is 1. The Kier molecular flexibility index (Phi) is 3.36. The average molecular weight is 252 g/mol. The number of hydrogen-bond acceptors (Lipinski definition) is 2. The van der Waals surface area contributed by atoms with Crippen LogP contribution in [-0.4, -0.2) is 15.4 Å². The highest BCUT2D eigenvalue weighted by atomic mass is 35.5. The second kappa shape index (κ2) is 4.76. The summed E-state index contributed by atoms with van der Waals surface area (Å²) in [4.78, 5) is 4.55. The van der Waals surface area contributed by atoms with Crippen molar-refractivity contribution in [3.05, 3.63) is 47.7 Å². The Balaban J connectivity index is 2.66. The van der Waals surface area contributed by atoms with Gasteiger partial charge in [0.25, 0.3) is 0 Å². The van der Waals surface area contributed by atoms with Crippen molar-refractivity contribution in [2.24, 2.45) is 0 Å². The van der Waals surface area contributed by atoms with Crippen molar-refractivity contribution in [2.45, 2.75) is 4.90 Å². The van der Waals surface area contributed by atoms with E-state index in [1.54, 1.807) is 12.5 Å². The molecule has 1 atom stereocenters. The molecule has 16 heavy (non-hydrogen) atoms. The molecule has 1 heterocycles. The quantitative estimate of drug-likeness (QED) is 0.768. The summed E-state index contributed by atoms with van der Waals surface area (Å²) in [5.41, 5.74) is 1.87. The summed E-state index contributed by atoms with van der Waals surface area (Å²) in [6.07, 6.45) is 3.23. The van der Waals surface area contributed by atoms with Crippen LogP contribution in [0.3, 0.4) is 0 Å². The van der Waals surface area contributed by atoms with Gasteiger partial charge in [0.15, 0.2) is 0 Å². The molecule has 0 amide bonds. The predicted molar refractivity (Wildman–Crippen MR) is 67.0 cm³/mol. The molecule has 0 aliphatic carbocycles. The molecule has 0 saturated carbocycles. The van der Waals surface area contributed by atoms with Crippen molar-refractivity contribution in [3.8, 4) is 11.1 Å². The zero-order chi connectivity index (χ0) is 11.5. The number of aromatic nitrogens is 1. The largest absolute Gasteiger partial charge is 0.255 e. The number of hydrogen-bond donors (Lipinski definition) is 0. The molecule has 4 heteroatoms. The van der Waals surface area contributed by atoms with E-state index >= 15 is 0 Å². The first-order chi connectivity index (χ1) is 7.70. The summed E-state index contributed by atoms with van der Waals surface area (Å²) < 4.78 is 11.6. The first-order valence-electron chi connectivity index (χ1n) is 4.73. The third-order valence-electron chi connectivity index (χ3n) is 2.23. The molecular formula is C12H10ClNOS. The molecule has 2 nitrogen and oxygen atoms in total. The van der Waals surface area contributed by atoms with Crippen molar-refractivity contribution >= 4 is 22.4 Å². The van der Waals surface area contributed by atoms with Crippen LogP contribution in [0.15, 0.2) is 47.5 Å². The van der Waals surface area contributed by atoms with Crippen LogP contribution in [0.5, 0.6) is 0 Å². The van der Waals surface area contributed by atoms with E-state index in [1.807, 2.05) is 36.4 Å². The number of rotatable bonds is 2. The minimum Gasteiger partial charge on any atom is -0.255 e. The average Bonchev–Trinajstić information content (AvgIpc) is 2.29.